The lowest BCUT2D eigenvalue weighted by molar-refractivity contribution is -0.116. The molecule has 106 valence electrons. The fraction of sp³-hybridized carbons (Fsp3) is 0.286. The van der Waals surface area contributed by atoms with Crippen molar-refractivity contribution in [3.63, 3.8) is 0 Å². The number of halogens is 2. The largest absolute Gasteiger partial charge is 0.326 e. The predicted molar refractivity (Wildman–Crippen MR) is 81.5 cm³/mol. The average Bonchev–Trinajstić information content (AvgIpc) is 2.71. The first-order valence-corrected chi connectivity index (χ1v) is 6.98. The summed E-state index contributed by atoms with van der Waals surface area (Å²) in [7, 11) is 0. The van der Waals surface area contributed by atoms with E-state index in [1.165, 1.54) is 0 Å². The molecule has 0 bridgehead atoms. The second-order valence-electron chi connectivity index (χ2n) is 4.59. The molecule has 2 N–H and O–H groups in total. The number of H-pyrrole nitrogens is 1. The zero-order valence-corrected chi connectivity index (χ0v) is 12.8. The van der Waals surface area contributed by atoms with E-state index in [1.807, 2.05) is 13.8 Å². The van der Waals surface area contributed by atoms with E-state index in [-0.39, 0.29) is 5.91 Å². The lowest BCUT2D eigenvalue weighted by Gasteiger charge is -2.06. The minimum absolute atomic E-state index is 0.0663. The molecule has 1 aromatic heterocycles. The van der Waals surface area contributed by atoms with Crippen LogP contribution in [-0.2, 0) is 11.2 Å². The molecule has 1 heterocycles. The Hall–Kier alpha value is -1.52. The van der Waals surface area contributed by atoms with Crippen molar-refractivity contribution in [1.82, 2.24) is 10.2 Å². The molecule has 0 atom stereocenters. The molecular weight excluding hydrogens is 297 g/mol. The highest BCUT2D eigenvalue weighted by Gasteiger charge is 2.10. The molecule has 0 saturated heterocycles. The van der Waals surface area contributed by atoms with Crippen molar-refractivity contribution in [1.29, 1.82) is 0 Å². The molecule has 0 unspecified atom stereocenters. The van der Waals surface area contributed by atoms with Crippen molar-refractivity contribution in [2.24, 2.45) is 0 Å². The van der Waals surface area contributed by atoms with Gasteiger partial charge in [0.25, 0.3) is 0 Å². The Bertz CT molecular complexity index is 618. The number of anilines is 1. The Morgan fingerprint density at radius 3 is 2.65 bits per heavy atom. The van der Waals surface area contributed by atoms with Gasteiger partial charge in [0.15, 0.2) is 0 Å². The van der Waals surface area contributed by atoms with Gasteiger partial charge in [0, 0.05) is 17.8 Å². The summed E-state index contributed by atoms with van der Waals surface area (Å²) in [6.07, 6.45) is 1.04. The van der Waals surface area contributed by atoms with Crippen LogP contribution in [0.25, 0.3) is 0 Å². The molecule has 0 radical (unpaired) electrons. The molecule has 20 heavy (non-hydrogen) atoms. The number of aryl methyl sites for hydroxylation is 2. The van der Waals surface area contributed by atoms with Gasteiger partial charge in [0.05, 0.1) is 15.7 Å². The predicted octanol–water partition coefficient (Wildman–Crippen LogP) is 3.90. The number of nitrogens with one attached hydrogen (secondary N) is 2. The molecule has 4 nitrogen and oxygen atoms in total. The van der Waals surface area contributed by atoms with Crippen molar-refractivity contribution < 1.29 is 4.79 Å². The van der Waals surface area contributed by atoms with Gasteiger partial charge in [0.1, 0.15) is 0 Å². The fourth-order valence-electron chi connectivity index (χ4n) is 1.98. The van der Waals surface area contributed by atoms with E-state index >= 15 is 0 Å². The van der Waals surface area contributed by atoms with Gasteiger partial charge in [-0.1, -0.05) is 23.2 Å². The van der Waals surface area contributed by atoms with Crippen LogP contribution < -0.4 is 5.32 Å². The van der Waals surface area contributed by atoms with Crippen LogP contribution in [0.5, 0.6) is 0 Å². The quantitative estimate of drug-likeness (QED) is 0.899. The van der Waals surface area contributed by atoms with E-state index in [9.17, 15) is 4.79 Å². The zero-order chi connectivity index (χ0) is 14.7. The molecule has 0 saturated carbocycles. The van der Waals surface area contributed by atoms with Gasteiger partial charge in [-0.3, -0.25) is 9.89 Å². The summed E-state index contributed by atoms with van der Waals surface area (Å²) in [5, 5.41) is 10.7. The second-order valence-corrected chi connectivity index (χ2v) is 5.40. The Kier molecular flexibility index (Phi) is 4.68. The third kappa shape index (κ3) is 3.52. The maximum atomic E-state index is 11.9. The Balaban J connectivity index is 1.94. The lowest BCUT2D eigenvalue weighted by Crippen LogP contribution is -2.12. The molecule has 1 amide bonds. The van der Waals surface area contributed by atoms with Crippen LogP contribution in [0, 0.1) is 13.8 Å². The number of hydrogen-bond acceptors (Lipinski definition) is 2. The van der Waals surface area contributed by atoms with Crippen LogP contribution in [0.1, 0.15) is 23.4 Å². The number of aromatic amines is 1. The second kappa shape index (κ2) is 6.29. The number of carbonyl (C=O) groups excluding carboxylic acids is 1. The third-order valence-corrected chi connectivity index (χ3v) is 3.83. The molecule has 1 aromatic carbocycles. The van der Waals surface area contributed by atoms with Crippen molar-refractivity contribution in [3.05, 3.63) is 45.2 Å². The number of nitrogens with zero attached hydrogens (tertiary/aromatic N) is 1. The third-order valence-electron chi connectivity index (χ3n) is 3.09. The van der Waals surface area contributed by atoms with Crippen molar-refractivity contribution in [2.75, 3.05) is 5.32 Å². The topological polar surface area (TPSA) is 57.8 Å². The minimum atomic E-state index is -0.0663. The molecule has 6 heteroatoms. The lowest BCUT2D eigenvalue weighted by atomic mass is 10.1. The summed E-state index contributed by atoms with van der Waals surface area (Å²) < 4.78 is 0. The van der Waals surface area contributed by atoms with Gasteiger partial charge in [0.2, 0.25) is 5.91 Å². The average molecular weight is 312 g/mol. The van der Waals surface area contributed by atoms with Crippen molar-refractivity contribution in [3.8, 4) is 0 Å². The number of aromatic nitrogens is 2. The standard InChI is InChI=1S/C14H15Cl2N3O/c1-8-11(9(2)19-18-8)4-6-14(20)17-10-3-5-12(15)13(16)7-10/h3,5,7H,4,6H2,1-2H3,(H,17,20)(H,18,19). The smallest absolute Gasteiger partial charge is 0.224 e. The van der Waals surface area contributed by atoms with E-state index < -0.39 is 0 Å². The van der Waals surface area contributed by atoms with Crippen molar-refractivity contribution in [2.45, 2.75) is 26.7 Å². The molecule has 0 aliphatic heterocycles. The van der Waals surface area contributed by atoms with E-state index in [0.29, 0.717) is 28.6 Å². The first-order chi connectivity index (χ1) is 9.47. The van der Waals surface area contributed by atoms with E-state index in [4.69, 9.17) is 23.2 Å². The van der Waals surface area contributed by atoms with Gasteiger partial charge in [-0.05, 0) is 44.0 Å². The summed E-state index contributed by atoms with van der Waals surface area (Å²) in [5.41, 5.74) is 3.68. The van der Waals surface area contributed by atoms with Gasteiger partial charge >= 0.3 is 0 Å². The Labute approximate surface area is 127 Å². The van der Waals surface area contributed by atoms with Crippen LogP contribution in [0.15, 0.2) is 18.2 Å². The highest BCUT2D eigenvalue weighted by atomic mass is 35.5. The van der Waals surface area contributed by atoms with Crippen molar-refractivity contribution >= 4 is 34.8 Å². The van der Waals surface area contributed by atoms with Crippen LogP contribution in [0.3, 0.4) is 0 Å². The van der Waals surface area contributed by atoms with E-state index in [1.54, 1.807) is 18.2 Å². The van der Waals surface area contributed by atoms with Crippen LogP contribution in [-0.4, -0.2) is 16.1 Å². The molecule has 2 aromatic rings. The zero-order valence-electron chi connectivity index (χ0n) is 11.3. The summed E-state index contributed by atoms with van der Waals surface area (Å²) >= 11 is 11.7. The first kappa shape index (κ1) is 14.9. The Morgan fingerprint density at radius 1 is 1.30 bits per heavy atom. The van der Waals surface area contributed by atoms with Gasteiger partial charge in [-0.15, -0.1) is 0 Å². The molecule has 2 rings (SSSR count). The first-order valence-electron chi connectivity index (χ1n) is 6.22. The highest BCUT2D eigenvalue weighted by molar-refractivity contribution is 6.42. The van der Waals surface area contributed by atoms with Gasteiger partial charge < -0.3 is 5.32 Å². The summed E-state index contributed by atoms with van der Waals surface area (Å²) in [5.74, 6) is -0.0663. The van der Waals surface area contributed by atoms with Gasteiger partial charge in [-0.2, -0.15) is 5.10 Å². The van der Waals surface area contributed by atoms with E-state index in [2.05, 4.69) is 15.5 Å². The summed E-state index contributed by atoms with van der Waals surface area (Å²) in [4.78, 5) is 11.9. The number of hydrogen-bond donors (Lipinski definition) is 2. The monoisotopic (exact) mass is 311 g/mol. The maximum absolute atomic E-state index is 11.9. The molecule has 0 spiro atoms. The Morgan fingerprint density at radius 2 is 2.05 bits per heavy atom. The normalized spacial score (nSPS) is 10.6. The fourth-order valence-corrected chi connectivity index (χ4v) is 2.28. The number of rotatable bonds is 4. The molecule has 0 aliphatic carbocycles. The molecule has 0 aliphatic rings. The van der Waals surface area contributed by atoms with Gasteiger partial charge in [-0.25, -0.2) is 0 Å². The summed E-state index contributed by atoms with van der Waals surface area (Å²) in [6.45, 7) is 3.88. The number of benzene rings is 1. The number of carbonyl (C=O) groups is 1. The van der Waals surface area contributed by atoms with E-state index in [0.717, 1.165) is 17.0 Å². The number of amides is 1. The van der Waals surface area contributed by atoms with Crippen LogP contribution >= 0.6 is 23.2 Å². The maximum Gasteiger partial charge on any atom is 0.224 e. The summed E-state index contributed by atoms with van der Waals surface area (Å²) in [6, 6.07) is 5.01. The SMILES string of the molecule is Cc1n[nH]c(C)c1CCC(=O)Nc1ccc(Cl)c(Cl)c1. The van der Waals surface area contributed by atoms with Crippen LogP contribution in [0.2, 0.25) is 10.0 Å². The minimum Gasteiger partial charge on any atom is -0.326 e. The molecule has 0 fully saturated rings. The molecular formula is C14H15Cl2N3O. The van der Waals surface area contributed by atoms with Crippen LogP contribution in [0.4, 0.5) is 5.69 Å². The highest BCUT2D eigenvalue weighted by Crippen LogP contribution is 2.25.